The normalized spacial score (nSPS) is 18.6. The number of nitrogens with one attached hydrogen (secondary N) is 2. The number of ether oxygens (including phenoxy) is 1. The summed E-state index contributed by atoms with van der Waals surface area (Å²) in [4.78, 5) is 26.1. The van der Waals surface area contributed by atoms with Crippen LogP contribution in [0.3, 0.4) is 0 Å². The molecule has 2 heterocycles. The second-order valence-electron chi connectivity index (χ2n) is 8.37. The lowest BCUT2D eigenvalue weighted by Crippen LogP contribution is -2.36. The monoisotopic (exact) mass is 456 g/mol. The molecule has 32 heavy (non-hydrogen) atoms. The van der Waals surface area contributed by atoms with Gasteiger partial charge in [-0.3, -0.25) is 14.6 Å². The molecule has 0 aliphatic heterocycles. The standard InChI is InChI=1S/C23H28N4O4S/c1-14(2)13-30-27-22(29)19-11-16(9-10-24-19)31-15-7-8-18-21(12-15)32-23(26-18)25-17-5-3-4-6-20(17)28/h7-12,14,17,20,28H,3-6,13H2,1-2H3,(H,25,26)(H,27,29)/t17-,20-/m1/s1. The maximum Gasteiger partial charge on any atom is 0.293 e. The van der Waals surface area contributed by atoms with Crippen molar-refractivity contribution in [1.29, 1.82) is 0 Å². The minimum Gasteiger partial charge on any atom is -0.457 e. The van der Waals surface area contributed by atoms with Gasteiger partial charge in [0.25, 0.3) is 5.91 Å². The number of thiazole rings is 1. The molecule has 1 amide bonds. The van der Waals surface area contributed by atoms with Gasteiger partial charge in [-0.25, -0.2) is 10.5 Å². The topological polar surface area (TPSA) is 106 Å². The number of benzene rings is 1. The summed E-state index contributed by atoms with van der Waals surface area (Å²) in [6, 6.07) is 8.97. The van der Waals surface area contributed by atoms with Gasteiger partial charge in [-0.1, -0.05) is 38.0 Å². The Kier molecular flexibility index (Phi) is 7.19. The van der Waals surface area contributed by atoms with E-state index in [1.165, 1.54) is 17.5 Å². The number of rotatable bonds is 8. The molecule has 9 heteroatoms. The van der Waals surface area contributed by atoms with E-state index in [1.807, 2.05) is 32.0 Å². The SMILES string of the molecule is CC(C)CONC(=O)c1cc(Oc2ccc3nc(N[C@@H]4CCCC[C@H]4O)sc3c2)ccn1. The lowest BCUT2D eigenvalue weighted by atomic mass is 9.93. The number of aliphatic hydroxyl groups is 1. The van der Waals surface area contributed by atoms with Crippen LogP contribution in [0.5, 0.6) is 11.5 Å². The lowest BCUT2D eigenvalue weighted by Gasteiger charge is -2.27. The molecule has 2 atom stereocenters. The Morgan fingerprint density at radius 3 is 2.84 bits per heavy atom. The number of carbonyl (C=O) groups excluding carboxylic acids is 1. The zero-order valence-corrected chi connectivity index (χ0v) is 19.0. The van der Waals surface area contributed by atoms with Crippen LogP contribution in [-0.2, 0) is 4.84 Å². The first-order valence-corrected chi connectivity index (χ1v) is 11.7. The van der Waals surface area contributed by atoms with E-state index in [4.69, 9.17) is 9.57 Å². The van der Waals surface area contributed by atoms with Crippen LogP contribution in [-0.4, -0.2) is 39.7 Å². The van der Waals surface area contributed by atoms with Crippen LogP contribution in [0.25, 0.3) is 10.2 Å². The Balaban J connectivity index is 1.42. The van der Waals surface area contributed by atoms with Gasteiger partial charge >= 0.3 is 0 Å². The second kappa shape index (κ2) is 10.2. The highest BCUT2D eigenvalue weighted by Crippen LogP contribution is 2.33. The third-order valence-corrected chi connectivity index (χ3v) is 6.13. The van der Waals surface area contributed by atoms with Crippen molar-refractivity contribution in [3.05, 3.63) is 42.2 Å². The van der Waals surface area contributed by atoms with Crippen molar-refractivity contribution in [1.82, 2.24) is 15.4 Å². The minimum atomic E-state index is -0.422. The third-order valence-electron chi connectivity index (χ3n) is 5.18. The predicted octanol–water partition coefficient (Wildman–Crippen LogP) is 4.52. The van der Waals surface area contributed by atoms with Gasteiger partial charge in [0, 0.05) is 18.3 Å². The van der Waals surface area contributed by atoms with Crippen LogP contribution in [0, 0.1) is 5.92 Å². The van der Waals surface area contributed by atoms with Gasteiger partial charge in [0.2, 0.25) is 0 Å². The zero-order chi connectivity index (χ0) is 22.5. The highest BCUT2D eigenvalue weighted by atomic mass is 32.1. The van der Waals surface area contributed by atoms with Crippen LogP contribution >= 0.6 is 11.3 Å². The number of carbonyl (C=O) groups is 1. The van der Waals surface area contributed by atoms with Crippen molar-refractivity contribution >= 4 is 32.6 Å². The lowest BCUT2D eigenvalue weighted by molar-refractivity contribution is 0.0204. The van der Waals surface area contributed by atoms with Gasteiger partial charge in [0.15, 0.2) is 5.13 Å². The largest absolute Gasteiger partial charge is 0.457 e. The van der Waals surface area contributed by atoms with E-state index in [1.54, 1.807) is 12.1 Å². The molecule has 1 aliphatic rings. The summed E-state index contributed by atoms with van der Waals surface area (Å²) in [5, 5.41) is 14.4. The number of hydrogen-bond acceptors (Lipinski definition) is 8. The van der Waals surface area contributed by atoms with E-state index < -0.39 is 5.91 Å². The number of hydroxylamine groups is 1. The van der Waals surface area contributed by atoms with E-state index in [-0.39, 0.29) is 17.8 Å². The van der Waals surface area contributed by atoms with E-state index in [0.717, 1.165) is 41.0 Å². The number of pyridine rings is 1. The highest BCUT2D eigenvalue weighted by Gasteiger charge is 2.23. The molecule has 2 aromatic heterocycles. The molecule has 3 N–H and O–H groups in total. The Bertz CT molecular complexity index is 1070. The maximum absolute atomic E-state index is 12.2. The first-order valence-electron chi connectivity index (χ1n) is 10.9. The molecule has 8 nitrogen and oxygen atoms in total. The second-order valence-corrected chi connectivity index (χ2v) is 9.40. The van der Waals surface area contributed by atoms with Gasteiger partial charge in [0.1, 0.15) is 17.2 Å². The van der Waals surface area contributed by atoms with Crippen molar-refractivity contribution in [3.63, 3.8) is 0 Å². The summed E-state index contributed by atoms with van der Waals surface area (Å²) in [5.74, 6) is 1.03. The first-order chi connectivity index (χ1) is 15.5. The van der Waals surface area contributed by atoms with Crippen molar-refractivity contribution < 1.29 is 19.5 Å². The molecule has 0 bridgehead atoms. The summed E-state index contributed by atoms with van der Waals surface area (Å²) in [6.07, 6.45) is 5.16. The van der Waals surface area contributed by atoms with E-state index in [9.17, 15) is 9.90 Å². The average molecular weight is 457 g/mol. The number of nitrogens with zero attached hydrogens (tertiary/aromatic N) is 2. The zero-order valence-electron chi connectivity index (χ0n) is 18.2. The van der Waals surface area contributed by atoms with Gasteiger partial charge in [-0.2, -0.15) is 0 Å². The third kappa shape index (κ3) is 5.73. The van der Waals surface area contributed by atoms with Gasteiger partial charge < -0.3 is 15.2 Å². The number of hydrogen-bond donors (Lipinski definition) is 3. The molecule has 170 valence electrons. The van der Waals surface area contributed by atoms with Crippen molar-refractivity contribution in [3.8, 4) is 11.5 Å². The van der Waals surface area contributed by atoms with Crippen molar-refractivity contribution in [2.75, 3.05) is 11.9 Å². The molecular weight excluding hydrogens is 428 g/mol. The van der Waals surface area contributed by atoms with E-state index in [0.29, 0.717) is 24.0 Å². The molecule has 1 aromatic carbocycles. The summed E-state index contributed by atoms with van der Waals surface area (Å²) in [6.45, 7) is 4.42. The molecule has 0 unspecified atom stereocenters. The number of aliphatic hydroxyl groups excluding tert-OH is 1. The van der Waals surface area contributed by atoms with Crippen molar-refractivity contribution in [2.45, 2.75) is 51.7 Å². The van der Waals surface area contributed by atoms with E-state index >= 15 is 0 Å². The number of anilines is 1. The summed E-state index contributed by atoms with van der Waals surface area (Å²) in [5.41, 5.74) is 3.48. The summed E-state index contributed by atoms with van der Waals surface area (Å²) < 4.78 is 6.93. The summed E-state index contributed by atoms with van der Waals surface area (Å²) in [7, 11) is 0. The number of amides is 1. The molecule has 0 spiro atoms. The van der Waals surface area contributed by atoms with Crippen molar-refractivity contribution in [2.24, 2.45) is 5.92 Å². The quantitative estimate of drug-likeness (QED) is 0.428. The number of aromatic nitrogens is 2. The fourth-order valence-electron chi connectivity index (χ4n) is 3.53. The minimum absolute atomic E-state index is 0.0472. The molecule has 3 aromatic rings. The molecular formula is C23H28N4O4S. The fraction of sp³-hybridized carbons (Fsp3) is 0.435. The molecule has 1 fully saturated rings. The Morgan fingerprint density at radius 2 is 2.03 bits per heavy atom. The smallest absolute Gasteiger partial charge is 0.293 e. The van der Waals surface area contributed by atoms with Crippen LogP contribution in [0.2, 0.25) is 0 Å². The average Bonchev–Trinajstić information content (AvgIpc) is 3.17. The van der Waals surface area contributed by atoms with Gasteiger partial charge in [0.05, 0.1) is 29.0 Å². The Hall–Kier alpha value is -2.75. The Labute approximate surface area is 190 Å². The van der Waals surface area contributed by atoms with Gasteiger partial charge in [-0.05, 0) is 37.0 Å². The molecule has 0 radical (unpaired) electrons. The van der Waals surface area contributed by atoms with E-state index in [2.05, 4.69) is 20.8 Å². The first kappa shape index (κ1) is 22.4. The highest BCUT2D eigenvalue weighted by molar-refractivity contribution is 7.22. The van der Waals surface area contributed by atoms with Crippen LogP contribution in [0.4, 0.5) is 5.13 Å². The predicted molar refractivity (Wildman–Crippen MR) is 124 cm³/mol. The molecule has 1 saturated carbocycles. The van der Waals surface area contributed by atoms with Gasteiger partial charge in [-0.15, -0.1) is 0 Å². The van der Waals surface area contributed by atoms with Crippen LogP contribution in [0.15, 0.2) is 36.5 Å². The molecule has 4 rings (SSSR count). The molecule has 0 saturated heterocycles. The number of fused-ring (bicyclic) bond motifs is 1. The van der Waals surface area contributed by atoms with Crippen LogP contribution in [0.1, 0.15) is 50.0 Å². The Morgan fingerprint density at radius 1 is 1.22 bits per heavy atom. The maximum atomic E-state index is 12.2. The summed E-state index contributed by atoms with van der Waals surface area (Å²) >= 11 is 1.53. The van der Waals surface area contributed by atoms with Crippen LogP contribution < -0.4 is 15.5 Å². The molecule has 1 aliphatic carbocycles. The fourth-order valence-corrected chi connectivity index (χ4v) is 4.49.